The second-order valence-corrected chi connectivity index (χ2v) is 21.9. The van der Waals surface area contributed by atoms with Gasteiger partial charge in [-0.3, -0.25) is 0 Å². The van der Waals surface area contributed by atoms with E-state index in [1.54, 1.807) is 0 Å². The van der Waals surface area contributed by atoms with Crippen molar-refractivity contribution in [3.63, 3.8) is 0 Å². The van der Waals surface area contributed by atoms with Crippen LogP contribution in [0, 0.1) is 6.92 Å². The van der Waals surface area contributed by atoms with E-state index in [1.165, 1.54) is 136 Å². The Morgan fingerprint density at radius 2 is 1.29 bits per heavy atom. The molecule has 1 nitrogen and oxygen atoms in total. The fraction of sp³-hybridized carbons (Fsp3) is 0.268. The van der Waals surface area contributed by atoms with E-state index >= 15 is 0 Å². The van der Waals surface area contributed by atoms with Crippen LogP contribution in [-0.4, -0.2) is 0 Å². The maximum atomic E-state index is 2.58. The van der Waals surface area contributed by atoms with Crippen LogP contribution in [0.1, 0.15) is 149 Å². The van der Waals surface area contributed by atoms with E-state index in [1.807, 2.05) is 0 Å². The summed E-state index contributed by atoms with van der Waals surface area (Å²) in [6, 6.07) is 58.6. The smallest absolute Gasteiger partial charge is 0.0497 e. The van der Waals surface area contributed by atoms with Gasteiger partial charge in [-0.05, 0) is 195 Å². The molecule has 0 saturated carbocycles. The van der Waals surface area contributed by atoms with E-state index in [2.05, 4.69) is 242 Å². The zero-order chi connectivity index (χ0) is 49.7. The van der Waals surface area contributed by atoms with Gasteiger partial charge in [0.15, 0.2) is 0 Å². The summed E-state index contributed by atoms with van der Waals surface area (Å²) < 4.78 is 0. The number of fused-ring (bicyclic) bond motifs is 4. The summed E-state index contributed by atoms with van der Waals surface area (Å²) in [5, 5.41) is 0. The highest BCUT2D eigenvalue weighted by Gasteiger charge is 2.39. The normalized spacial score (nSPS) is 18.6. The van der Waals surface area contributed by atoms with Crippen molar-refractivity contribution in [1.82, 2.24) is 0 Å². The molecular formula is C71H71N. The van der Waals surface area contributed by atoms with E-state index in [4.69, 9.17) is 0 Å². The molecule has 0 amide bonds. The van der Waals surface area contributed by atoms with Crippen LogP contribution < -0.4 is 4.90 Å². The maximum absolute atomic E-state index is 2.58. The van der Waals surface area contributed by atoms with Crippen molar-refractivity contribution in [2.24, 2.45) is 0 Å². The third-order valence-electron chi connectivity index (χ3n) is 16.7. The number of nitrogens with zero attached hydrogens (tertiary/aromatic N) is 1. The molecule has 0 radical (unpaired) electrons. The standard InChI is InChI=1S/C71H71N/c1-9-22-50-27-21-32-59(69(50)55-28-16-15-24-47(55)4)52-36-41-62-63-44-51(37-43-65(63)71(7,8)66(62)45-52)58-31-19-20-33-68(58)72(54-40-42-61-60(23-10-2)64(11-3)70(5,6)67(61)46-54)53-38-34-49(35-39-53)57-30-18-17-29-56(57)48-25-13-12-14-26-48/h11-16,21,23-29,31-46,57H,9-10,17-20,22,30H2,1-8H3/b60-23-,64-11+. The predicted octanol–water partition coefficient (Wildman–Crippen LogP) is 19.9. The van der Waals surface area contributed by atoms with Gasteiger partial charge in [-0.1, -0.05) is 194 Å². The SMILES string of the molecule is C/C=C1\C(=C/CC)c2ccc(N(C3=CCCC=C3c3ccc4c(c3)-c3ccc(-c5cccc(CCC)c5-c5ccccc5C)cc3C4(C)C)c3ccc(C4CCCC=C4c4ccccc4)cc3)cc2C1(C)C. The molecule has 0 saturated heterocycles. The van der Waals surface area contributed by atoms with Gasteiger partial charge in [-0.15, -0.1) is 0 Å². The van der Waals surface area contributed by atoms with Crippen LogP contribution in [-0.2, 0) is 17.3 Å². The summed E-state index contributed by atoms with van der Waals surface area (Å²) in [4.78, 5) is 2.58. The molecule has 0 fully saturated rings. The van der Waals surface area contributed by atoms with Crippen molar-refractivity contribution in [1.29, 1.82) is 0 Å². The lowest BCUT2D eigenvalue weighted by Crippen LogP contribution is -2.21. The van der Waals surface area contributed by atoms with Crippen molar-refractivity contribution >= 4 is 28.1 Å². The molecule has 4 aliphatic rings. The highest BCUT2D eigenvalue weighted by Crippen LogP contribution is 2.54. The van der Waals surface area contributed by atoms with Gasteiger partial charge in [0, 0.05) is 39.4 Å². The molecule has 1 unspecified atom stereocenters. The van der Waals surface area contributed by atoms with Crippen LogP contribution >= 0.6 is 0 Å². The molecule has 1 heteroatoms. The molecule has 11 rings (SSSR count). The topological polar surface area (TPSA) is 3.24 Å². The second-order valence-electron chi connectivity index (χ2n) is 21.9. The molecule has 0 N–H and O–H groups in total. The molecule has 7 aromatic carbocycles. The Kier molecular flexibility index (Phi) is 12.7. The average molecular weight is 938 g/mol. The molecule has 0 heterocycles. The molecule has 360 valence electrons. The molecule has 72 heavy (non-hydrogen) atoms. The Balaban J connectivity index is 1.01. The van der Waals surface area contributed by atoms with Crippen LogP contribution in [0.25, 0.3) is 50.1 Å². The minimum absolute atomic E-state index is 0.113. The Hall–Kier alpha value is -6.96. The van der Waals surface area contributed by atoms with Crippen molar-refractivity contribution < 1.29 is 0 Å². The first-order valence-corrected chi connectivity index (χ1v) is 27.1. The van der Waals surface area contributed by atoms with Crippen molar-refractivity contribution in [3.05, 3.63) is 243 Å². The minimum atomic E-state index is -0.154. The van der Waals surface area contributed by atoms with Crippen LogP contribution in [0.5, 0.6) is 0 Å². The van der Waals surface area contributed by atoms with Gasteiger partial charge in [0.2, 0.25) is 0 Å². The van der Waals surface area contributed by atoms with Gasteiger partial charge in [0.25, 0.3) is 0 Å². The number of hydrogen-bond donors (Lipinski definition) is 0. The van der Waals surface area contributed by atoms with Gasteiger partial charge in [0.05, 0.1) is 0 Å². The summed E-state index contributed by atoms with van der Waals surface area (Å²) in [6.45, 7) is 18.7. The fourth-order valence-corrected chi connectivity index (χ4v) is 13.2. The molecule has 7 aromatic rings. The quantitative estimate of drug-likeness (QED) is 0.125. The highest BCUT2D eigenvalue weighted by molar-refractivity contribution is 5.95. The predicted molar refractivity (Wildman–Crippen MR) is 310 cm³/mol. The van der Waals surface area contributed by atoms with Gasteiger partial charge >= 0.3 is 0 Å². The molecule has 0 aromatic heterocycles. The van der Waals surface area contributed by atoms with E-state index in [9.17, 15) is 0 Å². The fourth-order valence-electron chi connectivity index (χ4n) is 13.2. The first kappa shape index (κ1) is 47.4. The summed E-state index contributed by atoms with van der Waals surface area (Å²) in [6.07, 6.45) is 21.0. The van der Waals surface area contributed by atoms with Gasteiger partial charge < -0.3 is 4.90 Å². The second kappa shape index (κ2) is 19.2. The number of rotatable bonds is 11. The van der Waals surface area contributed by atoms with Crippen molar-refractivity contribution in [3.8, 4) is 33.4 Å². The van der Waals surface area contributed by atoms with Gasteiger partial charge in [0.1, 0.15) is 0 Å². The Morgan fingerprint density at radius 1 is 0.569 bits per heavy atom. The van der Waals surface area contributed by atoms with Gasteiger partial charge in [-0.2, -0.15) is 0 Å². The van der Waals surface area contributed by atoms with Crippen LogP contribution in [0.15, 0.2) is 193 Å². The first-order chi connectivity index (χ1) is 35.0. The number of hydrogen-bond acceptors (Lipinski definition) is 1. The zero-order valence-corrected chi connectivity index (χ0v) is 44.0. The lowest BCUT2D eigenvalue weighted by molar-refractivity contribution is 0.659. The van der Waals surface area contributed by atoms with Crippen molar-refractivity contribution in [2.75, 3.05) is 4.90 Å². The Labute approximate surface area is 431 Å². The lowest BCUT2D eigenvalue weighted by Gasteiger charge is -2.33. The first-order valence-electron chi connectivity index (χ1n) is 27.1. The molecule has 4 aliphatic carbocycles. The zero-order valence-electron chi connectivity index (χ0n) is 44.0. The summed E-state index contributed by atoms with van der Waals surface area (Å²) in [7, 11) is 0. The number of aryl methyl sites for hydroxylation is 2. The van der Waals surface area contributed by atoms with Crippen LogP contribution in [0.4, 0.5) is 11.4 Å². The maximum Gasteiger partial charge on any atom is 0.0497 e. The lowest BCUT2D eigenvalue weighted by atomic mass is 9.79. The van der Waals surface area contributed by atoms with E-state index in [0.29, 0.717) is 5.92 Å². The molecule has 0 aliphatic heterocycles. The Bertz CT molecular complexity index is 3380. The monoisotopic (exact) mass is 938 g/mol. The van der Waals surface area contributed by atoms with Crippen LogP contribution in [0.3, 0.4) is 0 Å². The summed E-state index contributed by atoms with van der Waals surface area (Å²) in [5.74, 6) is 0.382. The summed E-state index contributed by atoms with van der Waals surface area (Å²) >= 11 is 0. The minimum Gasteiger partial charge on any atom is -0.310 e. The Morgan fingerprint density at radius 3 is 2.07 bits per heavy atom. The number of benzene rings is 7. The third kappa shape index (κ3) is 8.10. The largest absolute Gasteiger partial charge is 0.310 e. The third-order valence-corrected chi connectivity index (χ3v) is 16.7. The molecule has 1 atom stereocenters. The molecule has 0 bridgehead atoms. The van der Waals surface area contributed by atoms with Gasteiger partial charge in [-0.25, -0.2) is 0 Å². The van der Waals surface area contributed by atoms with E-state index in [-0.39, 0.29) is 10.8 Å². The molecular weight excluding hydrogens is 867 g/mol. The summed E-state index contributed by atoms with van der Waals surface area (Å²) in [5.41, 5.74) is 29.3. The number of allylic oxidation sites excluding steroid dienone is 9. The van der Waals surface area contributed by atoms with E-state index in [0.717, 1.165) is 38.5 Å². The molecule has 0 spiro atoms. The van der Waals surface area contributed by atoms with E-state index < -0.39 is 0 Å². The van der Waals surface area contributed by atoms with Crippen molar-refractivity contribution in [2.45, 2.75) is 124 Å². The average Bonchev–Trinajstić information content (AvgIpc) is 3.77. The van der Waals surface area contributed by atoms with Crippen LogP contribution in [0.2, 0.25) is 0 Å². The highest BCUT2D eigenvalue weighted by atomic mass is 15.2. The number of anilines is 2.